The van der Waals surface area contributed by atoms with Crippen molar-refractivity contribution in [3.05, 3.63) is 17.2 Å². The largest absolute Gasteiger partial charge is 0.389 e. The Bertz CT molecular complexity index is 477. The molecule has 1 aromatic rings. The monoisotopic (exact) mass is 321 g/mol. The normalized spacial score (nSPS) is 23.4. The fraction of sp³-hybridized carbons (Fsp3) is 0.833. The number of rotatable bonds is 7. The van der Waals surface area contributed by atoms with E-state index in [1.165, 1.54) is 30.7 Å². The van der Waals surface area contributed by atoms with Gasteiger partial charge in [0.05, 0.1) is 24.4 Å². The molecule has 0 radical (unpaired) electrons. The first-order valence-electron chi connectivity index (χ1n) is 9.21. The number of aliphatic hydroxyl groups excluding tert-OH is 1. The number of aromatic amines is 1. The first-order chi connectivity index (χ1) is 11.1. The molecule has 23 heavy (non-hydrogen) atoms. The third-order valence-electron chi connectivity index (χ3n) is 4.86. The smallest absolute Gasteiger partial charge is 0.124 e. The van der Waals surface area contributed by atoms with Crippen LogP contribution in [0.5, 0.6) is 0 Å². The number of β-amino-alcohol motifs (C(OH)–C–C–N with tert-alkyl or cyclic N) is 1. The molecule has 0 bridgehead atoms. The van der Waals surface area contributed by atoms with Crippen molar-refractivity contribution >= 4 is 0 Å². The Hall–Kier alpha value is -0.910. The van der Waals surface area contributed by atoms with Gasteiger partial charge in [-0.05, 0) is 51.0 Å². The molecule has 0 unspecified atom stereocenters. The molecule has 130 valence electrons. The lowest BCUT2D eigenvalue weighted by atomic mass is 10.0. The topological polar surface area (TPSA) is 61.4 Å². The van der Waals surface area contributed by atoms with Crippen LogP contribution in [0.3, 0.4) is 0 Å². The summed E-state index contributed by atoms with van der Waals surface area (Å²) >= 11 is 0. The van der Waals surface area contributed by atoms with Crippen molar-refractivity contribution in [1.82, 2.24) is 14.9 Å². The molecule has 5 nitrogen and oxygen atoms in total. The lowest BCUT2D eigenvalue weighted by molar-refractivity contribution is 0.00568. The molecule has 3 rings (SSSR count). The zero-order valence-electron chi connectivity index (χ0n) is 14.6. The second-order valence-corrected chi connectivity index (χ2v) is 7.49. The van der Waals surface area contributed by atoms with Gasteiger partial charge in [-0.2, -0.15) is 0 Å². The Labute approximate surface area is 139 Å². The summed E-state index contributed by atoms with van der Waals surface area (Å²) in [5.74, 6) is 1.63. The number of likely N-dealkylation sites (tertiary alicyclic amines) is 1. The molecule has 0 saturated carbocycles. The van der Waals surface area contributed by atoms with Gasteiger partial charge in [0.2, 0.25) is 0 Å². The molecule has 0 aromatic carbocycles. The van der Waals surface area contributed by atoms with E-state index in [-0.39, 0.29) is 0 Å². The van der Waals surface area contributed by atoms with Crippen LogP contribution in [0.2, 0.25) is 0 Å². The summed E-state index contributed by atoms with van der Waals surface area (Å²) in [6.45, 7) is 7.11. The van der Waals surface area contributed by atoms with Gasteiger partial charge >= 0.3 is 0 Å². The number of imidazole rings is 1. The fourth-order valence-corrected chi connectivity index (χ4v) is 3.75. The molecule has 2 heterocycles. The van der Waals surface area contributed by atoms with E-state index in [2.05, 4.69) is 23.7 Å². The first-order valence-corrected chi connectivity index (χ1v) is 9.21. The van der Waals surface area contributed by atoms with E-state index in [4.69, 9.17) is 9.72 Å². The van der Waals surface area contributed by atoms with Crippen molar-refractivity contribution in [2.24, 2.45) is 5.92 Å². The highest BCUT2D eigenvalue weighted by atomic mass is 16.5. The number of ether oxygens (including phenoxy) is 1. The van der Waals surface area contributed by atoms with Crippen LogP contribution in [-0.2, 0) is 17.6 Å². The molecule has 1 saturated heterocycles. The number of aliphatic hydroxyl groups is 1. The van der Waals surface area contributed by atoms with E-state index in [0.29, 0.717) is 31.7 Å². The van der Waals surface area contributed by atoms with E-state index in [1.807, 2.05) is 0 Å². The Kier molecular flexibility index (Phi) is 5.72. The Morgan fingerprint density at radius 3 is 2.87 bits per heavy atom. The molecule has 5 heteroatoms. The number of hydrogen-bond acceptors (Lipinski definition) is 4. The van der Waals surface area contributed by atoms with Gasteiger partial charge in [-0.1, -0.05) is 13.8 Å². The minimum atomic E-state index is -0.418. The summed E-state index contributed by atoms with van der Waals surface area (Å²) in [6.07, 6.45) is 6.68. The highest BCUT2D eigenvalue weighted by Crippen LogP contribution is 2.32. The van der Waals surface area contributed by atoms with Gasteiger partial charge in [-0.25, -0.2) is 4.98 Å². The molecule has 1 aromatic heterocycles. The van der Waals surface area contributed by atoms with Crippen molar-refractivity contribution < 1.29 is 9.84 Å². The second kappa shape index (κ2) is 7.77. The van der Waals surface area contributed by atoms with E-state index < -0.39 is 6.10 Å². The minimum absolute atomic E-state index is 0.334. The standard InChI is InChI=1S/C18H31N3O2/c1-13(2)11-23-12-14(22)10-21-9-5-8-17(21)18-19-15-6-3-4-7-16(15)20-18/h13-14,17,22H,3-12H2,1-2H3,(H,19,20)/t14-,17+/m1/s1. The zero-order valence-corrected chi connectivity index (χ0v) is 14.6. The molecule has 0 amide bonds. The Balaban J connectivity index is 1.56. The van der Waals surface area contributed by atoms with Crippen LogP contribution in [0.25, 0.3) is 0 Å². The number of H-pyrrole nitrogens is 1. The van der Waals surface area contributed by atoms with Crippen molar-refractivity contribution in [2.45, 2.75) is 64.5 Å². The fourth-order valence-electron chi connectivity index (χ4n) is 3.75. The maximum atomic E-state index is 10.3. The lowest BCUT2D eigenvalue weighted by Crippen LogP contribution is -2.35. The summed E-state index contributed by atoms with van der Waals surface area (Å²) in [4.78, 5) is 10.8. The van der Waals surface area contributed by atoms with E-state index in [1.54, 1.807) is 0 Å². The lowest BCUT2D eigenvalue weighted by Gasteiger charge is -2.25. The molecule has 2 N–H and O–H groups in total. The summed E-state index contributed by atoms with van der Waals surface area (Å²) in [6, 6.07) is 0.334. The number of nitrogens with zero attached hydrogens (tertiary/aromatic N) is 2. The van der Waals surface area contributed by atoms with Gasteiger partial charge in [0.1, 0.15) is 5.82 Å². The predicted molar refractivity (Wildman–Crippen MR) is 90.4 cm³/mol. The quantitative estimate of drug-likeness (QED) is 0.810. The number of aromatic nitrogens is 2. The van der Waals surface area contributed by atoms with Crippen LogP contribution in [0, 0.1) is 5.92 Å². The Morgan fingerprint density at radius 1 is 1.26 bits per heavy atom. The van der Waals surface area contributed by atoms with Crippen LogP contribution in [0.4, 0.5) is 0 Å². The number of nitrogens with one attached hydrogen (secondary N) is 1. The summed E-state index contributed by atoms with van der Waals surface area (Å²) in [5.41, 5.74) is 2.62. The predicted octanol–water partition coefficient (Wildman–Crippen LogP) is 2.46. The van der Waals surface area contributed by atoms with Crippen molar-refractivity contribution in [3.63, 3.8) is 0 Å². The zero-order chi connectivity index (χ0) is 16.2. The summed E-state index contributed by atoms with van der Waals surface area (Å²) in [5, 5.41) is 10.3. The van der Waals surface area contributed by atoms with E-state index in [0.717, 1.165) is 31.6 Å². The number of fused-ring (bicyclic) bond motifs is 1. The van der Waals surface area contributed by atoms with E-state index >= 15 is 0 Å². The average molecular weight is 321 g/mol. The summed E-state index contributed by atoms with van der Waals surface area (Å²) < 4.78 is 5.57. The molecule has 1 fully saturated rings. The highest BCUT2D eigenvalue weighted by molar-refractivity contribution is 5.19. The van der Waals surface area contributed by atoms with Crippen LogP contribution in [0.1, 0.15) is 62.8 Å². The van der Waals surface area contributed by atoms with Crippen molar-refractivity contribution in [3.8, 4) is 0 Å². The number of aryl methyl sites for hydroxylation is 2. The van der Waals surface area contributed by atoms with Crippen LogP contribution in [-0.4, -0.2) is 52.4 Å². The maximum absolute atomic E-state index is 10.3. The van der Waals surface area contributed by atoms with E-state index in [9.17, 15) is 5.11 Å². The third kappa shape index (κ3) is 4.34. The Morgan fingerprint density at radius 2 is 2.09 bits per heavy atom. The average Bonchev–Trinajstić information content (AvgIpc) is 3.12. The van der Waals surface area contributed by atoms with Gasteiger partial charge in [0.25, 0.3) is 0 Å². The molecular weight excluding hydrogens is 290 g/mol. The minimum Gasteiger partial charge on any atom is -0.389 e. The SMILES string of the molecule is CC(C)COC[C@H](O)CN1CCC[C@H]1c1nc2c([nH]1)CCCC2. The first kappa shape index (κ1) is 16.9. The third-order valence-corrected chi connectivity index (χ3v) is 4.86. The van der Waals surface area contributed by atoms with Crippen LogP contribution >= 0.6 is 0 Å². The molecule has 0 spiro atoms. The van der Waals surface area contributed by atoms with Crippen LogP contribution in [0.15, 0.2) is 0 Å². The van der Waals surface area contributed by atoms with Gasteiger partial charge in [-0.15, -0.1) is 0 Å². The molecule has 2 aliphatic rings. The van der Waals surface area contributed by atoms with Gasteiger partial charge < -0.3 is 14.8 Å². The highest BCUT2D eigenvalue weighted by Gasteiger charge is 2.30. The molecule has 2 atom stereocenters. The van der Waals surface area contributed by atoms with Gasteiger partial charge in [0.15, 0.2) is 0 Å². The molecule has 1 aliphatic carbocycles. The maximum Gasteiger partial charge on any atom is 0.124 e. The van der Waals surface area contributed by atoms with Crippen molar-refractivity contribution in [1.29, 1.82) is 0 Å². The second-order valence-electron chi connectivity index (χ2n) is 7.49. The van der Waals surface area contributed by atoms with Crippen LogP contribution < -0.4 is 0 Å². The number of hydrogen-bond donors (Lipinski definition) is 2. The van der Waals surface area contributed by atoms with Crippen molar-refractivity contribution in [2.75, 3.05) is 26.3 Å². The molecule has 1 aliphatic heterocycles. The molecular formula is C18H31N3O2. The summed E-state index contributed by atoms with van der Waals surface area (Å²) in [7, 11) is 0. The van der Waals surface area contributed by atoms with Gasteiger partial charge in [-0.3, -0.25) is 4.90 Å². The van der Waals surface area contributed by atoms with Gasteiger partial charge in [0, 0.05) is 18.8 Å².